The standard InChI is InChI=1S/C24H22N2O2/c1-14-11-17(4)22-21(12-14)26-24(28-22)18-10-9-16(3)20(13-18)25-23(27)19-8-6-5-7-15(19)2/h5-13H,1-4H3,(H,25,27). The Labute approximate surface area is 164 Å². The van der Waals surface area contributed by atoms with E-state index in [0.29, 0.717) is 11.5 Å². The monoisotopic (exact) mass is 370 g/mol. The van der Waals surface area contributed by atoms with Crippen LogP contribution >= 0.6 is 0 Å². The zero-order valence-corrected chi connectivity index (χ0v) is 16.5. The Balaban J connectivity index is 1.71. The minimum absolute atomic E-state index is 0.123. The van der Waals surface area contributed by atoms with Crippen LogP contribution in [0.4, 0.5) is 5.69 Å². The van der Waals surface area contributed by atoms with Crippen LogP contribution in [0.15, 0.2) is 59.0 Å². The van der Waals surface area contributed by atoms with Crippen molar-refractivity contribution in [3.63, 3.8) is 0 Å². The molecule has 0 radical (unpaired) electrons. The number of hydrogen-bond acceptors (Lipinski definition) is 3. The summed E-state index contributed by atoms with van der Waals surface area (Å²) in [6, 6.07) is 17.5. The largest absolute Gasteiger partial charge is 0.436 e. The number of anilines is 1. The second-order valence-corrected chi connectivity index (χ2v) is 7.25. The van der Waals surface area contributed by atoms with Crippen molar-refractivity contribution in [3.05, 3.63) is 82.4 Å². The van der Waals surface area contributed by atoms with Gasteiger partial charge in [-0.15, -0.1) is 0 Å². The first kappa shape index (κ1) is 18.0. The number of rotatable bonds is 3. The molecule has 0 spiro atoms. The minimum Gasteiger partial charge on any atom is -0.436 e. The van der Waals surface area contributed by atoms with E-state index in [4.69, 9.17) is 4.42 Å². The molecule has 0 unspecified atom stereocenters. The molecular weight excluding hydrogens is 348 g/mol. The third-order valence-electron chi connectivity index (χ3n) is 4.94. The summed E-state index contributed by atoms with van der Waals surface area (Å²) in [6.45, 7) is 7.97. The van der Waals surface area contributed by atoms with Gasteiger partial charge in [0.15, 0.2) is 5.58 Å². The Morgan fingerprint density at radius 3 is 2.46 bits per heavy atom. The molecule has 3 aromatic carbocycles. The first-order valence-corrected chi connectivity index (χ1v) is 9.28. The van der Waals surface area contributed by atoms with Gasteiger partial charge in [0.05, 0.1) is 0 Å². The first-order chi connectivity index (χ1) is 13.4. The molecule has 0 aliphatic carbocycles. The fourth-order valence-electron chi connectivity index (χ4n) is 3.41. The van der Waals surface area contributed by atoms with E-state index in [1.807, 2.05) is 76.2 Å². The lowest BCUT2D eigenvalue weighted by molar-refractivity contribution is 0.102. The van der Waals surface area contributed by atoms with Crippen LogP contribution in [-0.4, -0.2) is 10.9 Å². The molecule has 0 aliphatic heterocycles. The van der Waals surface area contributed by atoms with Gasteiger partial charge in [-0.3, -0.25) is 4.79 Å². The molecule has 1 N–H and O–H groups in total. The maximum Gasteiger partial charge on any atom is 0.255 e. The molecule has 140 valence electrons. The zero-order chi connectivity index (χ0) is 19.8. The van der Waals surface area contributed by atoms with Gasteiger partial charge in [-0.25, -0.2) is 4.98 Å². The van der Waals surface area contributed by atoms with Crippen LogP contribution < -0.4 is 5.32 Å². The quantitative estimate of drug-likeness (QED) is 0.482. The minimum atomic E-state index is -0.123. The molecule has 28 heavy (non-hydrogen) atoms. The van der Waals surface area contributed by atoms with Gasteiger partial charge in [-0.05, 0) is 74.2 Å². The Kier molecular flexibility index (Phi) is 4.47. The summed E-state index contributed by atoms with van der Waals surface area (Å²) in [6.07, 6.45) is 0. The van der Waals surface area contributed by atoms with Gasteiger partial charge >= 0.3 is 0 Å². The van der Waals surface area contributed by atoms with Gasteiger partial charge in [0.1, 0.15) is 5.52 Å². The van der Waals surface area contributed by atoms with Crippen molar-refractivity contribution < 1.29 is 9.21 Å². The highest BCUT2D eigenvalue weighted by Crippen LogP contribution is 2.30. The van der Waals surface area contributed by atoms with Crippen LogP contribution in [0.3, 0.4) is 0 Å². The average molecular weight is 370 g/mol. The van der Waals surface area contributed by atoms with E-state index in [2.05, 4.69) is 16.4 Å². The number of carbonyl (C=O) groups excluding carboxylic acids is 1. The fraction of sp³-hybridized carbons (Fsp3) is 0.167. The normalized spacial score (nSPS) is 11.0. The number of nitrogens with zero attached hydrogens (tertiary/aromatic N) is 1. The summed E-state index contributed by atoms with van der Waals surface area (Å²) < 4.78 is 6.02. The van der Waals surface area contributed by atoms with E-state index in [1.54, 1.807) is 0 Å². The maximum absolute atomic E-state index is 12.7. The highest BCUT2D eigenvalue weighted by molar-refractivity contribution is 6.05. The van der Waals surface area contributed by atoms with Crippen molar-refractivity contribution >= 4 is 22.7 Å². The number of aryl methyl sites for hydroxylation is 4. The van der Waals surface area contributed by atoms with E-state index in [9.17, 15) is 4.79 Å². The van der Waals surface area contributed by atoms with Gasteiger partial charge in [0.25, 0.3) is 5.91 Å². The molecular formula is C24H22N2O2. The summed E-state index contributed by atoms with van der Waals surface area (Å²) in [5, 5.41) is 3.02. The Morgan fingerprint density at radius 1 is 0.893 bits per heavy atom. The fourth-order valence-corrected chi connectivity index (χ4v) is 3.41. The van der Waals surface area contributed by atoms with Gasteiger partial charge in [0, 0.05) is 16.8 Å². The maximum atomic E-state index is 12.7. The van der Waals surface area contributed by atoms with Gasteiger partial charge in [0.2, 0.25) is 5.89 Å². The molecule has 4 aromatic rings. The number of oxazole rings is 1. The van der Waals surface area contributed by atoms with Crippen molar-refractivity contribution in [1.29, 1.82) is 0 Å². The molecule has 0 saturated carbocycles. The third kappa shape index (κ3) is 3.29. The smallest absolute Gasteiger partial charge is 0.255 e. The summed E-state index contributed by atoms with van der Waals surface area (Å²) in [5.41, 5.74) is 8.03. The average Bonchev–Trinajstić information content (AvgIpc) is 3.08. The third-order valence-corrected chi connectivity index (χ3v) is 4.94. The van der Waals surface area contributed by atoms with Crippen molar-refractivity contribution in [2.75, 3.05) is 5.32 Å². The molecule has 4 heteroatoms. The van der Waals surface area contributed by atoms with Crippen LogP contribution in [0.25, 0.3) is 22.6 Å². The Hall–Kier alpha value is -3.40. The lowest BCUT2D eigenvalue weighted by Gasteiger charge is -2.11. The topological polar surface area (TPSA) is 55.1 Å². The number of carbonyl (C=O) groups is 1. The van der Waals surface area contributed by atoms with Gasteiger partial charge < -0.3 is 9.73 Å². The van der Waals surface area contributed by atoms with E-state index in [1.165, 1.54) is 0 Å². The lowest BCUT2D eigenvalue weighted by atomic mass is 10.1. The predicted molar refractivity (Wildman–Crippen MR) is 113 cm³/mol. The number of nitrogens with one attached hydrogen (secondary N) is 1. The van der Waals surface area contributed by atoms with E-state index in [-0.39, 0.29) is 5.91 Å². The SMILES string of the molecule is Cc1cc(C)c2oc(-c3ccc(C)c(NC(=O)c4ccccc4C)c3)nc2c1. The number of benzene rings is 3. The molecule has 4 rings (SSSR count). The van der Waals surface area contributed by atoms with E-state index >= 15 is 0 Å². The second kappa shape index (κ2) is 6.97. The first-order valence-electron chi connectivity index (χ1n) is 9.28. The lowest BCUT2D eigenvalue weighted by Crippen LogP contribution is -2.14. The van der Waals surface area contributed by atoms with Crippen molar-refractivity contribution in [1.82, 2.24) is 4.98 Å². The van der Waals surface area contributed by atoms with E-state index < -0.39 is 0 Å². The summed E-state index contributed by atoms with van der Waals surface area (Å²) in [7, 11) is 0. The molecule has 0 saturated heterocycles. The van der Waals surface area contributed by atoms with Crippen LogP contribution in [0, 0.1) is 27.7 Å². The molecule has 0 fully saturated rings. The molecule has 4 nitrogen and oxygen atoms in total. The number of hydrogen-bond donors (Lipinski definition) is 1. The van der Waals surface area contributed by atoms with E-state index in [0.717, 1.165) is 44.6 Å². The molecule has 0 atom stereocenters. The van der Waals surface area contributed by atoms with Crippen LogP contribution in [0.2, 0.25) is 0 Å². The van der Waals surface area contributed by atoms with Crippen LogP contribution in [0.1, 0.15) is 32.6 Å². The highest BCUT2D eigenvalue weighted by atomic mass is 16.3. The van der Waals surface area contributed by atoms with Crippen molar-refractivity contribution in [3.8, 4) is 11.5 Å². The molecule has 1 heterocycles. The number of amides is 1. The number of aromatic nitrogens is 1. The van der Waals surface area contributed by atoms with Crippen molar-refractivity contribution in [2.45, 2.75) is 27.7 Å². The second-order valence-electron chi connectivity index (χ2n) is 7.25. The summed E-state index contributed by atoms with van der Waals surface area (Å²) in [4.78, 5) is 17.4. The molecule has 1 amide bonds. The molecule has 0 aliphatic rings. The van der Waals surface area contributed by atoms with Gasteiger partial charge in [-0.2, -0.15) is 0 Å². The Morgan fingerprint density at radius 2 is 1.68 bits per heavy atom. The molecule has 1 aromatic heterocycles. The molecule has 0 bridgehead atoms. The highest BCUT2D eigenvalue weighted by Gasteiger charge is 2.14. The van der Waals surface area contributed by atoms with Crippen molar-refractivity contribution in [2.24, 2.45) is 0 Å². The van der Waals surface area contributed by atoms with Crippen LogP contribution in [0.5, 0.6) is 0 Å². The summed E-state index contributed by atoms with van der Waals surface area (Å²) >= 11 is 0. The number of fused-ring (bicyclic) bond motifs is 1. The van der Waals surface area contributed by atoms with Gasteiger partial charge in [-0.1, -0.05) is 30.3 Å². The summed E-state index contributed by atoms with van der Waals surface area (Å²) in [5.74, 6) is 0.428. The zero-order valence-electron chi connectivity index (χ0n) is 16.5. The Bertz CT molecular complexity index is 1200. The predicted octanol–water partition coefficient (Wildman–Crippen LogP) is 5.98. The van der Waals surface area contributed by atoms with Crippen LogP contribution in [-0.2, 0) is 0 Å².